The molecule has 1 saturated heterocycles. The number of amides is 1. The van der Waals surface area contributed by atoms with Gasteiger partial charge in [0.2, 0.25) is 0 Å². The van der Waals surface area contributed by atoms with Gasteiger partial charge in [-0.05, 0) is 26.1 Å². The van der Waals surface area contributed by atoms with Gasteiger partial charge in [-0.3, -0.25) is 14.8 Å². The molecule has 3 rings (SSSR count). The Morgan fingerprint density at radius 3 is 2.81 bits per heavy atom. The van der Waals surface area contributed by atoms with Gasteiger partial charge in [0.1, 0.15) is 0 Å². The fourth-order valence-electron chi connectivity index (χ4n) is 3.28. The summed E-state index contributed by atoms with van der Waals surface area (Å²) in [5, 5.41) is 0.344. The maximum atomic E-state index is 13.0. The third-order valence-electron chi connectivity index (χ3n) is 4.76. The van der Waals surface area contributed by atoms with Crippen molar-refractivity contribution in [3.8, 4) is 17.0 Å². The van der Waals surface area contributed by atoms with Crippen molar-refractivity contribution in [1.82, 2.24) is 19.8 Å². The molecule has 2 N–H and O–H groups in total. The molecule has 1 aromatic heterocycles. The van der Waals surface area contributed by atoms with Crippen LogP contribution in [0.1, 0.15) is 16.8 Å². The molecule has 0 bridgehead atoms. The normalized spacial score (nSPS) is 17.3. The monoisotopic (exact) mass is 375 g/mol. The number of likely N-dealkylation sites (tertiary alicyclic amines) is 1. The van der Waals surface area contributed by atoms with Crippen LogP contribution in [0.3, 0.4) is 0 Å². The molecule has 0 aliphatic carbocycles. The van der Waals surface area contributed by atoms with E-state index in [4.69, 9.17) is 22.1 Å². The predicted octanol–water partition coefficient (Wildman–Crippen LogP) is 2.16. The lowest BCUT2D eigenvalue weighted by molar-refractivity contribution is 0.0738. The van der Waals surface area contributed by atoms with Crippen LogP contribution in [-0.2, 0) is 0 Å². The first-order valence-electron chi connectivity index (χ1n) is 8.32. The van der Waals surface area contributed by atoms with Gasteiger partial charge in [-0.15, -0.1) is 0 Å². The van der Waals surface area contributed by atoms with Gasteiger partial charge in [0.25, 0.3) is 5.91 Å². The molecule has 8 heteroatoms. The van der Waals surface area contributed by atoms with Crippen molar-refractivity contribution in [2.24, 2.45) is 0 Å². The maximum Gasteiger partial charge on any atom is 0.256 e. The first kappa shape index (κ1) is 18.4. The molecule has 1 aliphatic heterocycles. The number of hydrogen-bond donors (Lipinski definition) is 1. The molecule has 1 atom stereocenters. The van der Waals surface area contributed by atoms with E-state index in [1.54, 1.807) is 36.6 Å². The first-order chi connectivity index (χ1) is 12.4. The molecule has 1 aromatic carbocycles. The quantitative estimate of drug-likeness (QED) is 0.824. The summed E-state index contributed by atoms with van der Waals surface area (Å²) < 4.78 is 5.47. The third kappa shape index (κ3) is 3.32. The SMILES string of the molecule is COc1c(N)c(C(=O)N(C)C2CCN(C)C2)cc(Cl)c1-c1cnccn1. The van der Waals surface area contributed by atoms with E-state index >= 15 is 0 Å². The zero-order chi connectivity index (χ0) is 18.8. The number of nitrogens with zero attached hydrogens (tertiary/aromatic N) is 4. The number of nitrogen functional groups attached to an aromatic ring is 1. The van der Waals surface area contributed by atoms with E-state index in [1.165, 1.54) is 7.11 Å². The first-order valence-corrected chi connectivity index (χ1v) is 8.69. The highest BCUT2D eigenvalue weighted by molar-refractivity contribution is 6.34. The molecule has 7 nitrogen and oxygen atoms in total. The summed E-state index contributed by atoms with van der Waals surface area (Å²) >= 11 is 6.47. The van der Waals surface area contributed by atoms with Crippen LogP contribution in [0.4, 0.5) is 5.69 Å². The van der Waals surface area contributed by atoms with Gasteiger partial charge in [-0.2, -0.15) is 0 Å². The highest BCUT2D eigenvalue weighted by atomic mass is 35.5. The van der Waals surface area contributed by atoms with Gasteiger partial charge in [-0.1, -0.05) is 11.6 Å². The van der Waals surface area contributed by atoms with Crippen molar-refractivity contribution in [3.63, 3.8) is 0 Å². The predicted molar refractivity (Wildman–Crippen MR) is 101 cm³/mol. The van der Waals surface area contributed by atoms with Gasteiger partial charge in [-0.25, -0.2) is 0 Å². The summed E-state index contributed by atoms with van der Waals surface area (Å²) in [5.41, 5.74) is 7.92. The van der Waals surface area contributed by atoms with Crippen LogP contribution < -0.4 is 10.5 Å². The molecule has 0 radical (unpaired) electrons. The number of anilines is 1. The van der Waals surface area contributed by atoms with Crippen molar-refractivity contribution < 1.29 is 9.53 Å². The Balaban J connectivity index is 2.01. The lowest BCUT2D eigenvalue weighted by Gasteiger charge is -2.26. The number of ether oxygens (including phenoxy) is 1. The number of nitrogens with two attached hydrogens (primary N) is 1. The summed E-state index contributed by atoms with van der Waals surface area (Å²) in [6, 6.07) is 1.73. The topological polar surface area (TPSA) is 84.6 Å². The van der Waals surface area contributed by atoms with Gasteiger partial charge >= 0.3 is 0 Å². The van der Waals surface area contributed by atoms with Gasteiger partial charge < -0.3 is 20.3 Å². The molecule has 1 unspecified atom stereocenters. The number of rotatable bonds is 4. The molecule has 1 fully saturated rings. The van der Waals surface area contributed by atoms with Crippen LogP contribution in [0.15, 0.2) is 24.7 Å². The van der Waals surface area contributed by atoms with E-state index < -0.39 is 0 Å². The number of aromatic nitrogens is 2. The number of likely N-dealkylation sites (N-methyl/N-ethyl adjacent to an activating group) is 2. The van der Waals surface area contributed by atoms with E-state index in [9.17, 15) is 4.79 Å². The van der Waals surface area contributed by atoms with Crippen LogP contribution in [-0.4, -0.2) is 66.0 Å². The Morgan fingerprint density at radius 1 is 1.46 bits per heavy atom. The fourth-order valence-corrected chi connectivity index (χ4v) is 3.57. The minimum atomic E-state index is -0.173. The highest BCUT2D eigenvalue weighted by Crippen LogP contribution is 2.42. The maximum absolute atomic E-state index is 13.0. The summed E-state index contributed by atoms with van der Waals surface area (Å²) in [6.45, 7) is 1.80. The average molecular weight is 376 g/mol. The summed E-state index contributed by atoms with van der Waals surface area (Å²) in [4.78, 5) is 25.3. The third-order valence-corrected chi connectivity index (χ3v) is 5.06. The molecule has 1 amide bonds. The van der Waals surface area contributed by atoms with Crippen LogP contribution in [0, 0.1) is 0 Å². The Hall–Kier alpha value is -2.38. The molecule has 0 saturated carbocycles. The number of benzene rings is 1. The smallest absolute Gasteiger partial charge is 0.256 e. The second kappa shape index (κ2) is 7.47. The van der Waals surface area contributed by atoms with Gasteiger partial charge in [0.15, 0.2) is 5.75 Å². The zero-order valence-corrected chi connectivity index (χ0v) is 15.8. The highest BCUT2D eigenvalue weighted by Gasteiger charge is 2.30. The fraction of sp³-hybridized carbons (Fsp3) is 0.389. The average Bonchev–Trinajstić information content (AvgIpc) is 3.08. The number of methoxy groups -OCH3 is 1. The lowest BCUT2D eigenvalue weighted by Crippen LogP contribution is -2.38. The van der Waals surface area contributed by atoms with E-state index in [2.05, 4.69) is 14.9 Å². The van der Waals surface area contributed by atoms with Crippen molar-refractivity contribution in [2.45, 2.75) is 12.5 Å². The minimum absolute atomic E-state index is 0.149. The molecule has 0 spiro atoms. The molecule has 1 aliphatic rings. The number of hydrogen-bond acceptors (Lipinski definition) is 6. The zero-order valence-electron chi connectivity index (χ0n) is 15.1. The van der Waals surface area contributed by atoms with Crippen LogP contribution in [0.2, 0.25) is 5.02 Å². The second-order valence-electron chi connectivity index (χ2n) is 6.44. The van der Waals surface area contributed by atoms with Crippen LogP contribution in [0.25, 0.3) is 11.3 Å². The van der Waals surface area contributed by atoms with Gasteiger partial charge in [0, 0.05) is 32.0 Å². The summed E-state index contributed by atoms with van der Waals surface area (Å²) in [5.74, 6) is 0.159. The molecule has 2 aromatic rings. The van der Waals surface area contributed by atoms with Crippen molar-refractivity contribution >= 4 is 23.2 Å². The Labute approximate surface area is 157 Å². The summed E-state index contributed by atoms with van der Waals surface area (Å²) in [6.07, 6.45) is 5.63. The minimum Gasteiger partial charge on any atom is -0.494 e. The molecule has 26 heavy (non-hydrogen) atoms. The number of carbonyl (C=O) groups excluding carboxylic acids is 1. The van der Waals surface area contributed by atoms with Crippen LogP contribution in [0.5, 0.6) is 5.75 Å². The van der Waals surface area contributed by atoms with E-state index in [0.717, 1.165) is 19.5 Å². The molecule has 2 heterocycles. The summed E-state index contributed by atoms with van der Waals surface area (Å²) in [7, 11) is 5.33. The van der Waals surface area contributed by atoms with E-state index in [1.807, 2.05) is 7.05 Å². The molecular weight excluding hydrogens is 354 g/mol. The number of halogens is 1. The van der Waals surface area contributed by atoms with Crippen molar-refractivity contribution in [3.05, 3.63) is 35.2 Å². The Bertz CT molecular complexity index is 815. The lowest BCUT2D eigenvalue weighted by atomic mass is 10.0. The second-order valence-corrected chi connectivity index (χ2v) is 6.85. The Morgan fingerprint density at radius 2 is 2.23 bits per heavy atom. The molecule has 138 valence electrons. The largest absolute Gasteiger partial charge is 0.494 e. The number of carbonyl (C=O) groups is 1. The van der Waals surface area contributed by atoms with E-state index in [-0.39, 0.29) is 17.6 Å². The standard InChI is InChI=1S/C18H22ClN5O2/c1-23-7-4-11(10-23)24(2)18(25)12-8-13(19)15(17(26-3)16(12)20)14-9-21-5-6-22-14/h5-6,8-9,11H,4,7,10,20H2,1-3H3. The van der Waals surface area contributed by atoms with Crippen LogP contribution >= 0.6 is 11.6 Å². The van der Waals surface area contributed by atoms with Crippen molar-refractivity contribution in [1.29, 1.82) is 0 Å². The van der Waals surface area contributed by atoms with E-state index in [0.29, 0.717) is 27.6 Å². The van der Waals surface area contributed by atoms with Crippen molar-refractivity contribution in [2.75, 3.05) is 40.0 Å². The Kier molecular flexibility index (Phi) is 5.29. The molecular formula is C18H22ClN5O2. The van der Waals surface area contributed by atoms with Gasteiger partial charge in [0.05, 0.1) is 40.8 Å².